The zero-order valence-electron chi connectivity index (χ0n) is 7.93. The molecular formula is C7H4N2O6S2. The normalized spacial score (nSPS) is 48.8. The molecule has 0 radical (unpaired) electrons. The van der Waals surface area contributed by atoms with E-state index in [4.69, 9.17) is 5.11 Å². The number of carboxylic acid groups (broad SMARTS) is 1. The molecule has 10 heteroatoms. The molecule has 0 aromatic rings. The molecule has 2 fully saturated rings. The molecule has 2 saturated heterocycles. The number of nitro groups is 2. The topological polar surface area (TPSA) is 124 Å². The summed E-state index contributed by atoms with van der Waals surface area (Å²) in [6.07, 6.45) is 2.61. The second kappa shape index (κ2) is 2.58. The largest absolute Gasteiger partial charge is 0.480 e. The second-order valence-corrected chi connectivity index (χ2v) is 6.70. The van der Waals surface area contributed by atoms with Crippen molar-refractivity contribution in [2.75, 3.05) is 0 Å². The monoisotopic (exact) mass is 276 g/mol. The summed E-state index contributed by atoms with van der Waals surface area (Å²) in [5.74, 6) is -1.40. The predicted octanol–water partition coefficient (Wildman–Crippen LogP) is 0.188. The van der Waals surface area contributed by atoms with E-state index in [-0.39, 0.29) is 0 Å². The number of carbonyl (C=O) groups is 1. The highest BCUT2D eigenvalue weighted by molar-refractivity contribution is 8.15. The molecule has 0 aromatic heterocycles. The third kappa shape index (κ3) is 0.824. The van der Waals surface area contributed by atoms with Gasteiger partial charge in [0.05, 0.1) is 0 Å². The van der Waals surface area contributed by atoms with Gasteiger partial charge in [0, 0.05) is 9.85 Å². The number of hydrogen-bond acceptors (Lipinski definition) is 7. The molecule has 4 unspecified atom stereocenters. The Labute approximate surface area is 102 Å². The second-order valence-electron chi connectivity index (χ2n) is 3.90. The van der Waals surface area contributed by atoms with Crippen LogP contribution < -0.4 is 0 Å². The first-order chi connectivity index (χ1) is 7.85. The number of carboxylic acids is 1. The number of thioether (sulfide) groups is 2. The molecule has 8 nitrogen and oxygen atoms in total. The fourth-order valence-electron chi connectivity index (χ4n) is 2.35. The average molecular weight is 276 g/mol. The molecule has 17 heavy (non-hydrogen) atoms. The van der Waals surface area contributed by atoms with Crippen molar-refractivity contribution in [3.8, 4) is 0 Å². The summed E-state index contributed by atoms with van der Waals surface area (Å²) >= 11 is 1.38. The summed E-state index contributed by atoms with van der Waals surface area (Å²) in [7, 11) is 0. The lowest BCUT2D eigenvalue weighted by atomic mass is 9.87. The molecule has 3 rings (SSSR count). The molecule has 0 aromatic carbocycles. The summed E-state index contributed by atoms with van der Waals surface area (Å²) in [4.78, 5) is 27.9. The average Bonchev–Trinajstić information content (AvgIpc) is 3.08. The van der Waals surface area contributed by atoms with Gasteiger partial charge in [-0.25, -0.2) is 0 Å². The molecule has 0 bridgehead atoms. The highest BCUT2D eigenvalue weighted by Crippen LogP contribution is 2.82. The smallest absolute Gasteiger partial charge is 0.377 e. The first kappa shape index (κ1) is 10.8. The van der Waals surface area contributed by atoms with E-state index in [2.05, 4.69) is 0 Å². The fourth-order valence-corrected chi connectivity index (χ4v) is 5.51. The van der Waals surface area contributed by atoms with E-state index in [1.54, 1.807) is 0 Å². The number of aliphatic carboxylic acids is 1. The van der Waals surface area contributed by atoms with Crippen LogP contribution in [0.25, 0.3) is 0 Å². The molecule has 2 aliphatic heterocycles. The highest BCUT2D eigenvalue weighted by Gasteiger charge is 3.05. The highest BCUT2D eigenvalue weighted by atomic mass is 32.2. The van der Waals surface area contributed by atoms with Crippen molar-refractivity contribution in [2.24, 2.45) is 0 Å². The van der Waals surface area contributed by atoms with Crippen molar-refractivity contribution in [1.29, 1.82) is 0 Å². The van der Waals surface area contributed by atoms with Crippen LogP contribution in [0.3, 0.4) is 0 Å². The van der Waals surface area contributed by atoms with E-state index in [0.717, 1.165) is 11.8 Å². The summed E-state index contributed by atoms with van der Waals surface area (Å²) in [6, 6.07) is 0. The Morgan fingerprint density at radius 3 is 2.47 bits per heavy atom. The van der Waals surface area contributed by atoms with Crippen molar-refractivity contribution < 1.29 is 19.7 Å². The van der Waals surface area contributed by atoms with E-state index in [9.17, 15) is 25.0 Å². The van der Waals surface area contributed by atoms with Gasteiger partial charge in [-0.3, -0.25) is 25.0 Å². The first-order valence-corrected chi connectivity index (χ1v) is 6.14. The predicted molar refractivity (Wildman–Crippen MR) is 57.9 cm³/mol. The van der Waals surface area contributed by atoms with Gasteiger partial charge in [-0.1, -0.05) is 23.9 Å². The number of nitrogens with zero attached hydrogens (tertiary/aromatic N) is 2. The molecule has 1 N–H and O–H groups in total. The Morgan fingerprint density at radius 1 is 1.35 bits per heavy atom. The molecule has 4 atom stereocenters. The first-order valence-electron chi connectivity index (χ1n) is 4.45. The van der Waals surface area contributed by atoms with Crippen LogP contribution in [0.4, 0.5) is 0 Å². The quantitative estimate of drug-likeness (QED) is 0.335. The van der Waals surface area contributed by atoms with Gasteiger partial charge in [0.2, 0.25) is 4.75 Å². The minimum atomic E-state index is -2.07. The summed E-state index contributed by atoms with van der Waals surface area (Å²) in [6.45, 7) is 0. The third-order valence-corrected chi connectivity index (χ3v) is 6.73. The lowest BCUT2D eigenvalue weighted by molar-refractivity contribution is -0.625. The summed E-state index contributed by atoms with van der Waals surface area (Å²) in [5.41, 5.74) is 0. The van der Waals surface area contributed by atoms with Gasteiger partial charge in [-0.05, 0) is 11.8 Å². The SMILES string of the molecule is O=C(O)C12C=CC3SC3([N+](=O)[O-])C1([N+](=O)[O-])S2. The van der Waals surface area contributed by atoms with Crippen molar-refractivity contribution in [2.45, 2.75) is 19.7 Å². The van der Waals surface area contributed by atoms with E-state index >= 15 is 0 Å². The number of fused-ring (bicyclic) bond motifs is 3. The van der Waals surface area contributed by atoms with Gasteiger partial charge in [0.15, 0.2) is 0 Å². The van der Waals surface area contributed by atoms with Gasteiger partial charge >= 0.3 is 15.7 Å². The molecule has 0 spiro atoms. The Kier molecular flexibility index (Phi) is 1.65. The maximum atomic E-state index is 11.1. The molecule has 2 heterocycles. The molecule has 0 saturated carbocycles. The van der Waals surface area contributed by atoms with Crippen LogP contribution in [-0.4, -0.2) is 40.7 Å². The Bertz CT molecular complexity index is 522. The van der Waals surface area contributed by atoms with Crippen molar-refractivity contribution in [3.05, 3.63) is 32.4 Å². The van der Waals surface area contributed by atoms with Gasteiger partial charge < -0.3 is 5.11 Å². The zero-order chi connectivity index (χ0) is 12.6. The standard InChI is InChI=1S/C7H4N2O6S2/c10-4(11)5-2-1-3-6(16-3,8(12)13)7(5,17-5)9(14)15/h1-3H,(H,10,11). The van der Waals surface area contributed by atoms with E-state index < -0.39 is 35.6 Å². The minimum Gasteiger partial charge on any atom is -0.480 e. The Balaban J connectivity index is 2.21. The van der Waals surface area contributed by atoms with Crippen molar-refractivity contribution in [3.63, 3.8) is 0 Å². The lowest BCUT2D eigenvalue weighted by Crippen LogP contribution is -2.55. The minimum absolute atomic E-state index is 0.539. The van der Waals surface area contributed by atoms with E-state index in [1.165, 1.54) is 12.2 Å². The van der Waals surface area contributed by atoms with E-state index in [1.807, 2.05) is 0 Å². The third-order valence-electron chi connectivity index (χ3n) is 3.24. The summed E-state index contributed by atoms with van der Waals surface area (Å²) < 4.78 is -1.79. The summed E-state index contributed by atoms with van der Waals surface area (Å²) in [5, 5.41) is 30.7. The van der Waals surface area contributed by atoms with Crippen LogP contribution in [0.5, 0.6) is 0 Å². The lowest BCUT2D eigenvalue weighted by Gasteiger charge is -2.16. The van der Waals surface area contributed by atoms with Crippen LogP contribution in [-0.2, 0) is 4.79 Å². The molecule has 90 valence electrons. The molecule has 0 amide bonds. The number of hydrogen-bond donors (Lipinski definition) is 1. The van der Waals surface area contributed by atoms with Crippen LogP contribution in [0.1, 0.15) is 0 Å². The van der Waals surface area contributed by atoms with Crippen LogP contribution in [0.15, 0.2) is 12.2 Å². The fraction of sp³-hybridized carbons (Fsp3) is 0.571. The van der Waals surface area contributed by atoms with Crippen LogP contribution >= 0.6 is 23.5 Å². The number of rotatable bonds is 3. The van der Waals surface area contributed by atoms with Gasteiger partial charge in [-0.15, -0.1) is 0 Å². The van der Waals surface area contributed by atoms with Crippen LogP contribution in [0, 0.1) is 20.2 Å². The van der Waals surface area contributed by atoms with Gasteiger partial charge in [0.1, 0.15) is 5.25 Å². The molecule has 1 aliphatic carbocycles. The molecule has 3 aliphatic rings. The van der Waals surface area contributed by atoms with Crippen LogP contribution in [0.2, 0.25) is 0 Å². The van der Waals surface area contributed by atoms with Crippen molar-refractivity contribution >= 4 is 29.5 Å². The maximum Gasteiger partial charge on any atom is 0.377 e. The van der Waals surface area contributed by atoms with Crippen molar-refractivity contribution in [1.82, 2.24) is 0 Å². The zero-order valence-corrected chi connectivity index (χ0v) is 9.56. The molecular weight excluding hydrogens is 272 g/mol. The van der Waals surface area contributed by atoms with E-state index in [0.29, 0.717) is 11.8 Å². The van der Waals surface area contributed by atoms with Gasteiger partial charge in [0.25, 0.3) is 0 Å². The Hall–Kier alpha value is -1.29. The Morgan fingerprint density at radius 2 is 2.00 bits per heavy atom. The van der Waals surface area contributed by atoms with Gasteiger partial charge in [-0.2, -0.15) is 0 Å². The maximum absolute atomic E-state index is 11.1.